The molecule has 2 amide bonds. The van der Waals surface area contributed by atoms with Crippen molar-refractivity contribution in [2.24, 2.45) is 0 Å². The van der Waals surface area contributed by atoms with E-state index >= 15 is 0 Å². The number of aromatic nitrogens is 4. The Bertz CT molecular complexity index is 1540. The number of halogens is 3. The van der Waals surface area contributed by atoms with Crippen molar-refractivity contribution >= 4 is 29.0 Å². The standard InChI is InChI=1S/C28H29F3N8O3/c1-18(40)17-34-26-33-8-7-24(37-26)39-10-9-32-25(39)19-3-2-4-20(15-19)35-27(41)36-21-5-6-23(22(16-21)28(29,30)31)38-11-13-42-14-12-38/h2-10,15-16,18,40H,11-14,17H2,1H3,(H,33,34,37)(H2,35,36,41)/t18-/m0/s1. The molecule has 220 valence electrons. The highest BCUT2D eigenvalue weighted by Crippen LogP contribution is 2.38. The molecule has 11 nitrogen and oxygen atoms in total. The lowest BCUT2D eigenvalue weighted by Gasteiger charge is -2.31. The Hall–Kier alpha value is -4.69. The molecule has 42 heavy (non-hydrogen) atoms. The topological polar surface area (TPSA) is 129 Å². The first-order valence-electron chi connectivity index (χ1n) is 13.2. The number of carbonyl (C=O) groups excluding carboxylic acids is 1. The number of aliphatic hydroxyl groups is 1. The minimum Gasteiger partial charge on any atom is -0.392 e. The minimum absolute atomic E-state index is 0.00676. The number of amides is 2. The van der Waals surface area contributed by atoms with Gasteiger partial charge in [0.2, 0.25) is 5.95 Å². The summed E-state index contributed by atoms with van der Waals surface area (Å²) < 4.78 is 48.6. The van der Waals surface area contributed by atoms with Crippen LogP contribution in [0.1, 0.15) is 12.5 Å². The van der Waals surface area contributed by atoms with Gasteiger partial charge in [-0.25, -0.2) is 14.8 Å². The number of carbonyl (C=O) groups is 1. The number of ether oxygens (including phenoxy) is 1. The Morgan fingerprint density at radius 3 is 2.55 bits per heavy atom. The number of morpholine rings is 1. The normalized spacial score (nSPS) is 14.4. The number of urea groups is 1. The molecule has 1 aliphatic heterocycles. The van der Waals surface area contributed by atoms with Crippen LogP contribution >= 0.6 is 0 Å². The van der Waals surface area contributed by atoms with Crippen LogP contribution in [-0.4, -0.2) is 69.6 Å². The van der Waals surface area contributed by atoms with Gasteiger partial charge >= 0.3 is 12.2 Å². The minimum atomic E-state index is -4.60. The summed E-state index contributed by atoms with van der Waals surface area (Å²) >= 11 is 0. The van der Waals surface area contributed by atoms with E-state index in [4.69, 9.17) is 4.74 Å². The zero-order valence-corrected chi connectivity index (χ0v) is 22.6. The molecule has 0 unspecified atom stereocenters. The zero-order chi connectivity index (χ0) is 29.7. The van der Waals surface area contributed by atoms with Crippen LogP contribution in [0.15, 0.2) is 67.1 Å². The maximum Gasteiger partial charge on any atom is 0.418 e. The second-order valence-corrected chi connectivity index (χ2v) is 9.58. The zero-order valence-electron chi connectivity index (χ0n) is 22.6. The lowest BCUT2D eigenvalue weighted by Crippen LogP contribution is -2.37. The largest absolute Gasteiger partial charge is 0.418 e. The van der Waals surface area contributed by atoms with Crippen molar-refractivity contribution in [3.8, 4) is 17.2 Å². The van der Waals surface area contributed by atoms with Gasteiger partial charge in [0, 0.05) is 60.9 Å². The number of hydrogen-bond donors (Lipinski definition) is 4. The van der Waals surface area contributed by atoms with Gasteiger partial charge in [-0.3, -0.25) is 4.57 Å². The summed E-state index contributed by atoms with van der Waals surface area (Å²) in [5, 5.41) is 17.6. The molecule has 0 bridgehead atoms. The van der Waals surface area contributed by atoms with Gasteiger partial charge in [0.25, 0.3) is 0 Å². The van der Waals surface area contributed by atoms with E-state index in [2.05, 4.69) is 30.9 Å². The molecule has 0 spiro atoms. The van der Waals surface area contributed by atoms with Crippen LogP contribution in [0.2, 0.25) is 0 Å². The average Bonchev–Trinajstić information content (AvgIpc) is 3.47. The second-order valence-electron chi connectivity index (χ2n) is 9.58. The van der Waals surface area contributed by atoms with Crippen molar-refractivity contribution in [2.75, 3.05) is 53.7 Å². The SMILES string of the molecule is C[C@H](O)CNc1nccc(-n2ccnc2-c2cccc(NC(=O)Nc3ccc(N4CCOCC4)c(C(F)(F)F)c3)c2)n1. The number of rotatable bonds is 8. The summed E-state index contributed by atoms with van der Waals surface area (Å²) in [5.41, 5.74) is 0.290. The molecule has 1 atom stereocenters. The Balaban J connectivity index is 1.31. The van der Waals surface area contributed by atoms with Gasteiger partial charge in [-0.15, -0.1) is 0 Å². The molecule has 0 aliphatic carbocycles. The van der Waals surface area contributed by atoms with E-state index in [0.717, 1.165) is 6.07 Å². The highest BCUT2D eigenvalue weighted by atomic mass is 19.4. The first-order chi connectivity index (χ1) is 20.2. The molecule has 1 fully saturated rings. The van der Waals surface area contributed by atoms with Gasteiger partial charge in [0.15, 0.2) is 0 Å². The first kappa shape index (κ1) is 28.8. The maximum atomic E-state index is 13.9. The van der Waals surface area contributed by atoms with Gasteiger partial charge in [-0.2, -0.15) is 18.2 Å². The van der Waals surface area contributed by atoms with Crippen molar-refractivity contribution in [1.82, 2.24) is 19.5 Å². The van der Waals surface area contributed by atoms with Crippen molar-refractivity contribution in [3.63, 3.8) is 0 Å². The molecular weight excluding hydrogens is 553 g/mol. The maximum absolute atomic E-state index is 13.9. The Kier molecular flexibility index (Phi) is 8.54. The van der Waals surface area contributed by atoms with Gasteiger partial charge in [-0.05, 0) is 43.3 Å². The Labute approximate surface area is 239 Å². The smallest absolute Gasteiger partial charge is 0.392 e. The van der Waals surface area contributed by atoms with Crippen LogP contribution in [0.4, 0.5) is 41.0 Å². The molecule has 4 aromatic rings. The fourth-order valence-electron chi connectivity index (χ4n) is 4.46. The van der Waals surface area contributed by atoms with Crippen LogP contribution in [0.5, 0.6) is 0 Å². The van der Waals surface area contributed by atoms with Crippen LogP contribution in [0.3, 0.4) is 0 Å². The van der Waals surface area contributed by atoms with E-state index in [9.17, 15) is 23.1 Å². The molecule has 4 N–H and O–H groups in total. The third-order valence-electron chi connectivity index (χ3n) is 6.37. The first-order valence-corrected chi connectivity index (χ1v) is 13.2. The number of nitrogens with zero attached hydrogens (tertiary/aromatic N) is 5. The lowest BCUT2D eigenvalue weighted by atomic mass is 10.1. The molecule has 1 aliphatic rings. The summed E-state index contributed by atoms with van der Waals surface area (Å²) in [5.74, 6) is 1.40. The average molecular weight is 583 g/mol. The van der Waals surface area contributed by atoms with Crippen LogP contribution in [0.25, 0.3) is 17.2 Å². The van der Waals surface area contributed by atoms with E-state index in [1.165, 1.54) is 12.1 Å². The molecule has 2 aromatic heterocycles. The number of nitrogens with one attached hydrogen (secondary N) is 3. The Morgan fingerprint density at radius 2 is 1.81 bits per heavy atom. The summed E-state index contributed by atoms with van der Waals surface area (Å²) in [4.78, 5) is 27.5. The quantitative estimate of drug-likeness (QED) is 0.237. The van der Waals surface area contributed by atoms with Crippen molar-refractivity contribution in [3.05, 3.63) is 72.7 Å². The number of benzene rings is 2. The van der Waals surface area contributed by atoms with Crippen molar-refractivity contribution in [2.45, 2.75) is 19.2 Å². The number of alkyl halides is 3. The van der Waals surface area contributed by atoms with E-state index in [1.807, 2.05) is 0 Å². The predicted octanol–water partition coefficient (Wildman–Crippen LogP) is 4.62. The van der Waals surface area contributed by atoms with E-state index in [-0.39, 0.29) is 17.9 Å². The van der Waals surface area contributed by atoms with Crippen LogP contribution < -0.4 is 20.9 Å². The molecule has 3 heterocycles. The fourth-order valence-corrected chi connectivity index (χ4v) is 4.46. The van der Waals surface area contributed by atoms with Crippen molar-refractivity contribution in [1.29, 1.82) is 0 Å². The third kappa shape index (κ3) is 6.95. The number of aliphatic hydroxyl groups excluding tert-OH is 1. The van der Waals surface area contributed by atoms with Gasteiger partial charge < -0.3 is 30.7 Å². The van der Waals surface area contributed by atoms with E-state index in [0.29, 0.717) is 55.1 Å². The number of anilines is 4. The molecule has 2 aromatic carbocycles. The second kappa shape index (κ2) is 12.4. The number of imidazole rings is 1. The summed E-state index contributed by atoms with van der Waals surface area (Å²) in [6.07, 6.45) is -0.269. The van der Waals surface area contributed by atoms with Gasteiger partial charge in [0.1, 0.15) is 11.6 Å². The molecule has 5 rings (SSSR count). The monoisotopic (exact) mass is 582 g/mol. The molecular formula is C28H29F3N8O3. The highest BCUT2D eigenvalue weighted by Gasteiger charge is 2.35. The number of hydrogen-bond acceptors (Lipinski definition) is 8. The van der Waals surface area contributed by atoms with E-state index < -0.39 is 23.9 Å². The molecule has 0 saturated carbocycles. The molecule has 14 heteroatoms. The van der Waals surface area contributed by atoms with Crippen LogP contribution in [0, 0.1) is 0 Å². The van der Waals surface area contributed by atoms with Gasteiger partial charge in [-0.1, -0.05) is 12.1 Å². The third-order valence-corrected chi connectivity index (χ3v) is 6.37. The van der Waals surface area contributed by atoms with Crippen LogP contribution in [-0.2, 0) is 10.9 Å². The lowest BCUT2D eigenvalue weighted by molar-refractivity contribution is -0.137. The Morgan fingerprint density at radius 1 is 1.05 bits per heavy atom. The van der Waals surface area contributed by atoms with E-state index in [1.54, 1.807) is 65.3 Å². The fraction of sp³-hybridized carbons (Fsp3) is 0.286. The molecule has 0 radical (unpaired) electrons. The highest BCUT2D eigenvalue weighted by molar-refractivity contribution is 6.00. The molecule has 1 saturated heterocycles. The summed E-state index contributed by atoms with van der Waals surface area (Å²) in [6.45, 7) is 3.33. The van der Waals surface area contributed by atoms with Gasteiger partial charge in [0.05, 0.1) is 24.9 Å². The summed E-state index contributed by atoms with van der Waals surface area (Å²) in [6, 6.07) is 11.6. The predicted molar refractivity (Wildman–Crippen MR) is 152 cm³/mol. The summed E-state index contributed by atoms with van der Waals surface area (Å²) in [7, 11) is 0. The van der Waals surface area contributed by atoms with Crippen molar-refractivity contribution < 1.29 is 27.8 Å².